The number of rotatable bonds is 5. The van der Waals surface area contributed by atoms with Gasteiger partial charge < -0.3 is 10.5 Å². The quantitative estimate of drug-likeness (QED) is 0.772. The molecule has 2 unspecified atom stereocenters. The van der Waals surface area contributed by atoms with Crippen molar-refractivity contribution in [2.45, 2.75) is 31.8 Å². The Morgan fingerprint density at radius 1 is 1.60 bits per heavy atom. The molecule has 15 heavy (non-hydrogen) atoms. The minimum atomic E-state index is 0.0507. The minimum absolute atomic E-state index is 0.0507. The number of methoxy groups -OCH3 is 1. The highest BCUT2D eigenvalue weighted by Gasteiger charge is 2.37. The zero-order chi connectivity index (χ0) is 11.3. The van der Waals surface area contributed by atoms with Crippen LogP contribution in [0.2, 0.25) is 0 Å². The van der Waals surface area contributed by atoms with Crippen LogP contribution in [0.15, 0.2) is 0 Å². The summed E-state index contributed by atoms with van der Waals surface area (Å²) in [6, 6.07) is 0.613. The van der Waals surface area contributed by atoms with Gasteiger partial charge in [0.05, 0.1) is 12.1 Å². The zero-order valence-corrected chi connectivity index (χ0v) is 11.0. The average Bonchev–Trinajstić information content (AvgIpc) is 2.27. The lowest BCUT2D eigenvalue weighted by Gasteiger charge is -2.47. The van der Waals surface area contributed by atoms with Crippen molar-refractivity contribution in [1.82, 2.24) is 4.90 Å². The summed E-state index contributed by atoms with van der Waals surface area (Å²) in [4.78, 5) is 2.55. The largest absolute Gasteiger partial charge is 0.383 e. The smallest absolute Gasteiger partial charge is 0.0659 e. The molecule has 0 radical (unpaired) electrons. The topological polar surface area (TPSA) is 38.5 Å². The molecule has 90 valence electrons. The van der Waals surface area contributed by atoms with E-state index in [2.05, 4.69) is 18.7 Å². The molecule has 0 aromatic carbocycles. The maximum atomic E-state index is 5.97. The molecule has 2 atom stereocenters. The van der Waals surface area contributed by atoms with Gasteiger partial charge in [-0.1, -0.05) is 6.92 Å². The van der Waals surface area contributed by atoms with Gasteiger partial charge in [-0.3, -0.25) is 4.90 Å². The van der Waals surface area contributed by atoms with E-state index in [1.54, 1.807) is 7.11 Å². The van der Waals surface area contributed by atoms with Gasteiger partial charge in [-0.05, 0) is 13.3 Å². The monoisotopic (exact) mass is 232 g/mol. The molecular weight excluding hydrogens is 208 g/mol. The Labute approximate surface area is 97.7 Å². The first-order valence-corrected chi connectivity index (χ1v) is 6.89. The first-order chi connectivity index (χ1) is 7.20. The highest BCUT2D eigenvalue weighted by molar-refractivity contribution is 7.99. The predicted octanol–water partition coefficient (Wildman–Crippen LogP) is 1.18. The number of nitrogens with zero attached hydrogens (tertiary/aromatic N) is 1. The van der Waals surface area contributed by atoms with Crippen LogP contribution in [-0.2, 0) is 4.74 Å². The first-order valence-electron chi connectivity index (χ1n) is 5.73. The van der Waals surface area contributed by atoms with Gasteiger partial charge in [-0.2, -0.15) is 11.8 Å². The molecule has 0 aromatic heterocycles. The molecule has 1 aliphatic heterocycles. The normalized spacial score (nSPS) is 27.6. The fourth-order valence-corrected chi connectivity index (χ4v) is 3.42. The van der Waals surface area contributed by atoms with Crippen LogP contribution in [0.1, 0.15) is 20.3 Å². The van der Waals surface area contributed by atoms with Crippen molar-refractivity contribution in [3.63, 3.8) is 0 Å². The van der Waals surface area contributed by atoms with E-state index in [1.807, 2.05) is 11.8 Å². The third kappa shape index (κ3) is 2.87. The molecule has 4 heteroatoms. The molecule has 2 N–H and O–H groups in total. The number of thioether (sulfide) groups is 1. The Morgan fingerprint density at radius 3 is 2.80 bits per heavy atom. The van der Waals surface area contributed by atoms with E-state index >= 15 is 0 Å². The second kappa shape index (κ2) is 6.09. The summed E-state index contributed by atoms with van der Waals surface area (Å²) < 4.78 is 5.36. The lowest BCUT2D eigenvalue weighted by Crippen LogP contribution is -2.61. The van der Waals surface area contributed by atoms with Crippen molar-refractivity contribution in [1.29, 1.82) is 0 Å². The van der Waals surface area contributed by atoms with Gasteiger partial charge in [0.15, 0.2) is 0 Å². The van der Waals surface area contributed by atoms with Crippen molar-refractivity contribution >= 4 is 11.8 Å². The molecule has 1 saturated heterocycles. The first kappa shape index (κ1) is 13.3. The van der Waals surface area contributed by atoms with E-state index < -0.39 is 0 Å². The zero-order valence-electron chi connectivity index (χ0n) is 10.2. The van der Waals surface area contributed by atoms with Crippen molar-refractivity contribution in [3.05, 3.63) is 0 Å². The Morgan fingerprint density at radius 2 is 2.33 bits per heavy atom. The Bertz CT molecular complexity index is 185. The predicted molar refractivity (Wildman–Crippen MR) is 67.4 cm³/mol. The van der Waals surface area contributed by atoms with Crippen LogP contribution in [0.25, 0.3) is 0 Å². The van der Waals surface area contributed by atoms with E-state index in [9.17, 15) is 0 Å². The standard InChI is InChI=1S/C11H24N2OS/c1-4-11(8-12,9-14-3)13-5-6-15-7-10(13)2/h10H,4-9,12H2,1-3H3. The number of ether oxygens (including phenoxy) is 1. The van der Waals surface area contributed by atoms with Crippen molar-refractivity contribution in [2.24, 2.45) is 5.73 Å². The molecular formula is C11H24N2OS. The Hall–Kier alpha value is 0.230. The second-order valence-corrected chi connectivity index (χ2v) is 5.48. The third-order valence-corrected chi connectivity index (χ3v) is 4.62. The summed E-state index contributed by atoms with van der Waals surface area (Å²) in [6.45, 7) is 7.07. The fraction of sp³-hybridized carbons (Fsp3) is 1.00. The van der Waals surface area contributed by atoms with Gasteiger partial charge in [-0.15, -0.1) is 0 Å². The molecule has 0 aromatic rings. The van der Waals surface area contributed by atoms with Crippen molar-refractivity contribution in [2.75, 3.05) is 38.3 Å². The van der Waals surface area contributed by atoms with Crippen LogP contribution in [0.4, 0.5) is 0 Å². The Kier molecular flexibility index (Phi) is 5.39. The van der Waals surface area contributed by atoms with Crippen LogP contribution < -0.4 is 5.73 Å². The molecule has 0 aliphatic carbocycles. The molecule has 1 heterocycles. The highest BCUT2D eigenvalue weighted by Crippen LogP contribution is 2.27. The SMILES string of the molecule is CCC(CN)(COC)N1CCSCC1C. The van der Waals surface area contributed by atoms with Gasteiger partial charge >= 0.3 is 0 Å². The number of nitrogens with two attached hydrogens (primary N) is 1. The van der Waals surface area contributed by atoms with E-state index in [0.717, 1.165) is 19.6 Å². The molecule has 0 saturated carbocycles. The minimum Gasteiger partial charge on any atom is -0.383 e. The van der Waals surface area contributed by atoms with Gasteiger partial charge in [-0.25, -0.2) is 0 Å². The van der Waals surface area contributed by atoms with E-state index in [-0.39, 0.29) is 5.54 Å². The van der Waals surface area contributed by atoms with Crippen molar-refractivity contribution in [3.8, 4) is 0 Å². The summed E-state index contributed by atoms with van der Waals surface area (Å²) >= 11 is 2.04. The van der Waals surface area contributed by atoms with E-state index in [4.69, 9.17) is 10.5 Å². The highest BCUT2D eigenvalue weighted by atomic mass is 32.2. The van der Waals surface area contributed by atoms with Crippen LogP contribution in [0.3, 0.4) is 0 Å². The van der Waals surface area contributed by atoms with Crippen LogP contribution in [0, 0.1) is 0 Å². The summed E-state index contributed by atoms with van der Waals surface area (Å²) in [5.41, 5.74) is 6.02. The van der Waals surface area contributed by atoms with Crippen LogP contribution >= 0.6 is 11.8 Å². The van der Waals surface area contributed by atoms with Crippen LogP contribution in [-0.4, -0.2) is 54.8 Å². The van der Waals surface area contributed by atoms with E-state index in [1.165, 1.54) is 11.5 Å². The maximum absolute atomic E-state index is 5.97. The summed E-state index contributed by atoms with van der Waals surface area (Å²) in [5.74, 6) is 2.43. The summed E-state index contributed by atoms with van der Waals surface area (Å²) in [5, 5.41) is 0. The molecule has 1 fully saturated rings. The Balaban J connectivity index is 2.75. The second-order valence-electron chi connectivity index (χ2n) is 4.33. The molecule has 0 bridgehead atoms. The third-order valence-electron chi connectivity index (χ3n) is 3.43. The van der Waals surface area contributed by atoms with Gasteiger partial charge in [0.1, 0.15) is 0 Å². The summed E-state index contributed by atoms with van der Waals surface area (Å²) in [6.07, 6.45) is 1.06. The average molecular weight is 232 g/mol. The molecule has 1 aliphatic rings. The number of hydrogen-bond donors (Lipinski definition) is 1. The van der Waals surface area contributed by atoms with Gasteiger partial charge in [0.2, 0.25) is 0 Å². The van der Waals surface area contributed by atoms with Gasteiger partial charge in [0.25, 0.3) is 0 Å². The van der Waals surface area contributed by atoms with Crippen LogP contribution in [0.5, 0.6) is 0 Å². The molecule has 3 nitrogen and oxygen atoms in total. The lowest BCUT2D eigenvalue weighted by molar-refractivity contribution is -0.00369. The lowest BCUT2D eigenvalue weighted by atomic mass is 9.93. The molecule has 0 amide bonds. The fourth-order valence-electron chi connectivity index (χ4n) is 2.41. The maximum Gasteiger partial charge on any atom is 0.0659 e. The van der Waals surface area contributed by atoms with E-state index in [0.29, 0.717) is 12.6 Å². The molecule has 0 spiro atoms. The van der Waals surface area contributed by atoms with Gasteiger partial charge in [0, 0.05) is 37.7 Å². The van der Waals surface area contributed by atoms with Crippen molar-refractivity contribution < 1.29 is 4.74 Å². The molecule has 1 rings (SSSR count). The number of hydrogen-bond acceptors (Lipinski definition) is 4. The summed E-state index contributed by atoms with van der Waals surface area (Å²) in [7, 11) is 1.77.